The van der Waals surface area contributed by atoms with E-state index in [1.807, 2.05) is 79.0 Å². The summed E-state index contributed by atoms with van der Waals surface area (Å²) in [6.45, 7) is 4.50. The maximum absolute atomic E-state index is 13.0. The van der Waals surface area contributed by atoms with Crippen LogP contribution in [-0.2, 0) is 16.7 Å². The predicted octanol–water partition coefficient (Wildman–Crippen LogP) is 6.00. The summed E-state index contributed by atoms with van der Waals surface area (Å²) in [5.74, 6) is 0.976. The van der Waals surface area contributed by atoms with Gasteiger partial charge < -0.3 is 9.50 Å². The van der Waals surface area contributed by atoms with E-state index in [-0.39, 0.29) is 10.6 Å². The molecule has 0 spiro atoms. The zero-order chi connectivity index (χ0) is 24.4. The summed E-state index contributed by atoms with van der Waals surface area (Å²) in [7, 11) is -4.02. The van der Waals surface area contributed by atoms with Crippen LogP contribution in [-0.4, -0.2) is 17.8 Å². The zero-order valence-electron chi connectivity index (χ0n) is 19.5. The Kier molecular flexibility index (Phi) is 6.01. The van der Waals surface area contributed by atoms with Crippen molar-refractivity contribution in [3.8, 4) is 17.0 Å². The molecule has 3 aromatic carbocycles. The van der Waals surface area contributed by atoms with Crippen molar-refractivity contribution in [3.63, 3.8) is 0 Å². The number of para-hydroxylation sites is 1. The van der Waals surface area contributed by atoms with Crippen molar-refractivity contribution in [3.05, 3.63) is 114 Å². The van der Waals surface area contributed by atoms with E-state index in [0.717, 1.165) is 28.2 Å². The molecule has 0 bridgehead atoms. The number of hydrogen-bond donors (Lipinski definition) is 1. The lowest BCUT2D eigenvalue weighted by atomic mass is 10.1. The van der Waals surface area contributed by atoms with Gasteiger partial charge in [-0.25, -0.2) is 4.98 Å². The van der Waals surface area contributed by atoms with Crippen molar-refractivity contribution in [2.24, 2.45) is 0 Å². The van der Waals surface area contributed by atoms with Crippen LogP contribution in [0.4, 0.5) is 5.82 Å². The van der Waals surface area contributed by atoms with E-state index in [2.05, 4.69) is 5.32 Å². The Bertz CT molecular complexity index is 1590. The average molecular weight is 484 g/mol. The summed E-state index contributed by atoms with van der Waals surface area (Å²) < 4.78 is 33.7. The minimum Gasteiger partial charge on any atom is -0.378 e. The maximum atomic E-state index is 13.0. The highest BCUT2D eigenvalue weighted by atomic mass is 32.2. The Labute approximate surface area is 205 Å². The Hall–Kier alpha value is -4.10. The average Bonchev–Trinajstić information content (AvgIpc) is 3.21. The number of imidazole rings is 1. The minimum absolute atomic E-state index is 0.103. The van der Waals surface area contributed by atoms with Crippen molar-refractivity contribution >= 4 is 21.6 Å². The van der Waals surface area contributed by atoms with Gasteiger partial charge >= 0.3 is 10.1 Å². The molecule has 0 radical (unpaired) electrons. The summed E-state index contributed by atoms with van der Waals surface area (Å²) in [6, 6.07) is 27.7. The van der Waals surface area contributed by atoms with Gasteiger partial charge in [-0.15, -0.1) is 0 Å². The molecule has 0 amide bonds. The molecular formula is C28H25N3O3S. The highest BCUT2D eigenvalue weighted by molar-refractivity contribution is 7.87. The van der Waals surface area contributed by atoms with Gasteiger partial charge in [-0.3, -0.25) is 4.40 Å². The van der Waals surface area contributed by atoms with Crippen LogP contribution in [0.25, 0.3) is 16.9 Å². The number of nitrogens with zero attached hydrogens (tertiary/aromatic N) is 2. The number of aryl methyl sites for hydroxylation is 2. The quantitative estimate of drug-likeness (QED) is 0.288. The largest absolute Gasteiger partial charge is 0.378 e. The van der Waals surface area contributed by atoms with Crippen molar-refractivity contribution in [2.45, 2.75) is 25.3 Å². The molecule has 2 aromatic heterocycles. The molecule has 7 heteroatoms. The molecule has 5 rings (SSSR count). The van der Waals surface area contributed by atoms with Crippen molar-refractivity contribution in [1.29, 1.82) is 0 Å². The monoisotopic (exact) mass is 483 g/mol. The molecule has 176 valence electrons. The third kappa shape index (κ3) is 4.76. The number of fused-ring (bicyclic) bond motifs is 1. The summed E-state index contributed by atoms with van der Waals surface area (Å²) in [5, 5.41) is 3.49. The van der Waals surface area contributed by atoms with Gasteiger partial charge in [-0.2, -0.15) is 8.42 Å². The number of aromatic nitrogens is 2. The van der Waals surface area contributed by atoms with Crippen molar-refractivity contribution in [1.82, 2.24) is 9.38 Å². The second-order valence-electron chi connectivity index (χ2n) is 8.43. The molecule has 0 fully saturated rings. The smallest absolute Gasteiger partial charge is 0.339 e. The number of anilines is 1. The summed E-state index contributed by atoms with van der Waals surface area (Å²) in [6.07, 6.45) is 1.96. The van der Waals surface area contributed by atoms with E-state index >= 15 is 0 Å². The van der Waals surface area contributed by atoms with E-state index in [1.165, 1.54) is 0 Å². The molecule has 0 saturated carbocycles. The molecule has 5 aromatic rings. The zero-order valence-corrected chi connectivity index (χ0v) is 20.3. The summed E-state index contributed by atoms with van der Waals surface area (Å²) in [4.78, 5) is 4.96. The second-order valence-corrected chi connectivity index (χ2v) is 9.97. The number of pyridine rings is 1. The fourth-order valence-corrected chi connectivity index (χ4v) is 4.84. The van der Waals surface area contributed by atoms with Crippen LogP contribution in [0.2, 0.25) is 0 Å². The normalized spacial score (nSPS) is 11.5. The number of benzene rings is 3. The predicted molar refractivity (Wildman–Crippen MR) is 138 cm³/mol. The first-order valence-corrected chi connectivity index (χ1v) is 12.7. The molecular weight excluding hydrogens is 458 g/mol. The molecule has 2 heterocycles. The molecule has 1 N–H and O–H groups in total. The number of hydrogen-bond acceptors (Lipinski definition) is 5. The van der Waals surface area contributed by atoms with Gasteiger partial charge in [0.25, 0.3) is 0 Å². The Morgan fingerprint density at radius 3 is 2.34 bits per heavy atom. The van der Waals surface area contributed by atoms with Gasteiger partial charge in [0.1, 0.15) is 22.1 Å². The lowest BCUT2D eigenvalue weighted by Crippen LogP contribution is -2.10. The highest BCUT2D eigenvalue weighted by Crippen LogP contribution is 2.37. The van der Waals surface area contributed by atoms with E-state index in [4.69, 9.17) is 9.17 Å². The maximum Gasteiger partial charge on any atom is 0.339 e. The van der Waals surface area contributed by atoms with E-state index in [9.17, 15) is 8.42 Å². The van der Waals surface area contributed by atoms with E-state index in [1.54, 1.807) is 36.4 Å². The topological polar surface area (TPSA) is 72.7 Å². The van der Waals surface area contributed by atoms with Gasteiger partial charge in [0.15, 0.2) is 5.75 Å². The number of rotatable bonds is 7. The fraction of sp³-hybridized carbons (Fsp3) is 0.107. The lowest BCUT2D eigenvalue weighted by molar-refractivity contribution is 0.487. The first kappa shape index (κ1) is 22.7. The van der Waals surface area contributed by atoms with Crippen LogP contribution < -0.4 is 9.50 Å². The molecule has 0 aliphatic heterocycles. The van der Waals surface area contributed by atoms with Gasteiger partial charge in [0.2, 0.25) is 0 Å². The minimum atomic E-state index is -4.02. The van der Waals surface area contributed by atoms with E-state index in [0.29, 0.717) is 17.8 Å². The van der Waals surface area contributed by atoms with Gasteiger partial charge in [0, 0.05) is 18.3 Å². The molecule has 0 atom stereocenters. The standard InChI is InChI=1S/C28H25N3O3S/c1-20-12-14-23(15-13-20)35(32,33)34-25-11-7-6-10-24(25)27-28(29-19-22-8-4-3-5-9-22)31-17-16-21(2)18-26(31)30-27/h3-18,29H,19H2,1-2H3. The third-order valence-electron chi connectivity index (χ3n) is 5.74. The molecule has 0 saturated heterocycles. The first-order chi connectivity index (χ1) is 16.9. The molecule has 0 unspecified atom stereocenters. The third-order valence-corrected chi connectivity index (χ3v) is 6.98. The molecule has 6 nitrogen and oxygen atoms in total. The van der Waals surface area contributed by atoms with Crippen molar-refractivity contribution in [2.75, 3.05) is 5.32 Å². The Balaban J connectivity index is 1.58. The SMILES string of the molecule is Cc1ccc(S(=O)(=O)Oc2ccccc2-c2nc3cc(C)ccn3c2NCc2ccccc2)cc1. The van der Waals surface area contributed by atoms with Crippen LogP contribution in [0.15, 0.2) is 102 Å². The van der Waals surface area contributed by atoms with Crippen LogP contribution in [0, 0.1) is 13.8 Å². The first-order valence-electron chi connectivity index (χ1n) is 11.3. The van der Waals surface area contributed by atoms with Gasteiger partial charge in [0.05, 0.1) is 0 Å². The Morgan fingerprint density at radius 2 is 1.57 bits per heavy atom. The van der Waals surface area contributed by atoms with Crippen LogP contribution in [0.5, 0.6) is 5.75 Å². The number of nitrogens with one attached hydrogen (secondary N) is 1. The second kappa shape index (κ2) is 9.27. The lowest BCUT2D eigenvalue weighted by Gasteiger charge is -2.13. The summed E-state index contributed by atoms with van der Waals surface area (Å²) >= 11 is 0. The fourth-order valence-electron chi connectivity index (χ4n) is 3.89. The molecule has 0 aliphatic rings. The molecule has 35 heavy (non-hydrogen) atoms. The van der Waals surface area contributed by atoms with Gasteiger partial charge in [-0.05, 0) is 61.4 Å². The molecule has 0 aliphatic carbocycles. The van der Waals surface area contributed by atoms with Crippen LogP contribution in [0.3, 0.4) is 0 Å². The van der Waals surface area contributed by atoms with E-state index < -0.39 is 10.1 Å². The summed E-state index contributed by atoms with van der Waals surface area (Å²) in [5.41, 5.74) is 5.12. The Morgan fingerprint density at radius 1 is 0.857 bits per heavy atom. The van der Waals surface area contributed by atoms with Gasteiger partial charge in [-0.1, -0.05) is 60.2 Å². The highest BCUT2D eigenvalue weighted by Gasteiger charge is 2.22. The van der Waals surface area contributed by atoms with Crippen LogP contribution in [0.1, 0.15) is 16.7 Å². The van der Waals surface area contributed by atoms with Crippen LogP contribution >= 0.6 is 0 Å². The van der Waals surface area contributed by atoms with Crippen molar-refractivity contribution < 1.29 is 12.6 Å².